The molecule has 0 atom stereocenters. The normalized spacial score (nSPS) is 10.1. The van der Waals surface area contributed by atoms with E-state index in [1.54, 1.807) is 12.1 Å². The summed E-state index contributed by atoms with van der Waals surface area (Å²) in [5.74, 6) is -0.711. The minimum absolute atomic E-state index is 0.0486. The molecule has 0 spiro atoms. The van der Waals surface area contributed by atoms with Crippen molar-refractivity contribution < 1.29 is 14.5 Å². The molecule has 0 unspecified atom stereocenters. The van der Waals surface area contributed by atoms with Gasteiger partial charge in [0.2, 0.25) is 0 Å². The molecule has 102 valence electrons. The van der Waals surface area contributed by atoms with Crippen molar-refractivity contribution in [1.82, 2.24) is 0 Å². The van der Waals surface area contributed by atoms with Gasteiger partial charge in [0.1, 0.15) is 12.2 Å². The van der Waals surface area contributed by atoms with E-state index in [9.17, 15) is 14.9 Å². The van der Waals surface area contributed by atoms with Crippen LogP contribution < -0.4 is 0 Å². The van der Waals surface area contributed by atoms with Crippen LogP contribution in [-0.4, -0.2) is 10.9 Å². The lowest BCUT2D eigenvalue weighted by Gasteiger charge is -2.05. The topological polar surface area (TPSA) is 69.4 Å². The van der Waals surface area contributed by atoms with Crippen molar-refractivity contribution in [3.63, 3.8) is 0 Å². The van der Waals surface area contributed by atoms with Gasteiger partial charge in [-0.05, 0) is 23.8 Å². The van der Waals surface area contributed by atoms with Gasteiger partial charge in [0, 0.05) is 10.5 Å². The third kappa shape index (κ3) is 3.42. The lowest BCUT2D eigenvalue weighted by atomic mass is 10.2. The fourth-order valence-corrected chi connectivity index (χ4v) is 2.11. The second kappa shape index (κ2) is 6.29. The van der Waals surface area contributed by atoms with Gasteiger partial charge in [-0.3, -0.25) is 10.1 Å². The van der Waals surface area contributed by atoms with E-state index in [2.05, 4.69) is 15.9 Å². The van der Waals surface area contributed by atoms with Crippen LogP contribution in [0.25, 0.3) is 0 Å². The number of nitro benzene ring substituents is 1. The predicted molar refractivity (Wildman–Crippen MR) is 76.4 cm³/mol. The highest BCUT2D eigenvalue weighted by atomic mass is 79.9. The maximum absolute atomic E-state index is 11.9. The van der Waals surface area contributed by atoms with Gasteiger partial charge in [-0.2, -0.15) is 0 Å². The van der Waals surface area contributed by atoms with E-state index >= 15 is 0 Å². The number of nitrogens with zero attached hydrogens (tertiary/aromatic N) is 1. The molecule has 5 nitrogen and oxygen atoms in total. The zero-order valence-electron chi connectivity index (χ0n) is 10.3. The summed E-state index contributed by atoms with van der Waals surface area (Å²) < 4.78 is 5.97. The predicted octanol–water partition coefficient (Wildman–Crippen LogP) is 3.71. The first-order chi connectivity index (χ1) is 9.58. The Balaban J connectivity index is 2.11. The number of nitro groups is 1. The van der Waals surface area contributed by atoms with Crippen molar-refractivity contribution in [2.75, 3.05) is 0 Å². The SMILES string of the molecule is O=C(OCc1cccc(Br)c1)c1ccccc1[N+](=O)[O-]. The van der Waals surface area contributed by atoms with Crippen LogP contribution in [-0.2, 0) is 11.3 Å². The number of halogens is 1. The molecule has 0 fully saturated rings. The summed E-state index contributed by atoms with van der Waals surface area (Å²) in [6.45, 7) is 0.0598. The van der Waals surface area contributed by atoms with Crippen LogP contribution in [0.5, 0.6) is 0 Å². The van der Waals surface area contributed by atoms with E-state index in [-0.39, 0.29) is 17.9 Å². The minimum Gasteiger partial charge on any atom is -0.457 e. The molecule has 0 saturated heterocycles. The molecule has 6 heteroatoms. The minimum atomic E-state index is -0.711. The molecule has 0 aliphatic heterocycles. The zero-order chi connectivity index (χ0) is 14.5. The Bertz CT molecular complexity index is 657. The van der Waals surface area contributed by atoms with Crippen molar-refractivity contribution in [3.05, 3.63) is 74.2 Å². The average Bonchev–Trinajstić information content (AvgIpc) is 2.45. The van der Waals surface area contributed by atoms with Crippen molar-refractivity contribution in [2.24, 2.45) is 0 Å². The summed E-state index contributed by atoms with van der Waals surface area (Å²) in [5.41, 5.74) is 0.491. The average molecular weight is 336 g/mol. The van der Waals surface area contributed by atoms with Crippen LogP contribution in [0.4, 0.5) is 5.69 Å². The molecule has 2 aromatic carbocycles. The summed E-state index contributed by atoms with van der Waals surface area (Å²) in [7, 11) is 0. The zero-order valence-corrected chi connectivity index (χ0v) is 11.9. The molecule has 0 aliphatic carbocycles. The van der Waals surface area contributed by atoms with E-state index < -0.39 is 10.9 Å². The smallest absolute Gasteiger partial charge is 0.345 e. The van der Waals surface area contributed by atoms with Gasteiger partial charge in [-0.25, -0.2) is 4.79 Å². The number of esters is 1. The molecule has 0 aliphatic rings. The maximum Gasteiger partial charge on any atom is 0.345 e. The first-order valence-electron chi connectivity index (χ1n) is 5.73. The number of ether oxygens (including phenoxy) is 1. The third-order valence-electron chi connectivity index (χ3n) is 2.58. The van der Waals surface area contributed by atoms with Gasteiger partial charge in [0.05, 0.1) is 4.92 Å². The summed E-state index contributed by atoms with van der Waals surface area (Å²) in [6, 6.07) is 13.0. The molecular formula is C14H10BrNO4. The summed E-state index contributed by atoms with van der Waals surface area (Å²) in [4.78, 5) is 22.1. The summed E-state index contributed by atoms with van der Waals surface area (Å²) in [5, 5.41) is 10.8. The number of hydrogen-bond acceptors (Lipinski definition) is 4. The Kier molecular flexibility index (Phi) is 4.47. The van der Waals surface area contributed by atoms with Crippen molar-refractivity contribution in [3.8, 4) is 0 Å². The third-order valence-corrected chi connectivity index (χ3v) is 3.07. The second-order valence-electron chi connectivity index (χ2n) is 3.98. The highest BCUT2D eigenvalue weighted by Gasteiger charge is 2.20. The van der Waals surface area contributed by atoms with Gasteiger partial charge in [0.15, 0.2) is 0 Å². The first-order valence-corrected chi connectivity index (χ1v) is 6.52. The maximum atomic E-state index is 11.9. The van der Waals surface area contributed by atoms with Crippen LogP contribution in [0, 0.1) is 10.1 Å². The van der Waals surface area contributed by atoms with Gasteiger partial charge in [-0.1, -0.05) is 40.2 Å². The van der Waals surface area contributed by atoms with Gasteiger partial charge < -0.3 is 4.74 Å². The molecule has 0 radical (unpaired) electrons. The van der Waals surface area contributed by atoms with Crippen LogP contribution >= 0.6 is 15.9 Å². The number of para-hydroxylation sites is 1. The number of hydrogen-bond donors (Lipinski definition) is 0. The van der Waals surface area contributed by atoms with Crippen LogP contribution in [0.3, 0.4) is 0 Å². The Labute approximate surface area is 123 Å². The molecule has 0 N–H and O–H groups in total. The molecule has 20 heavy (non-hydrogen) atoms. The van der Waals surface area contributed by atoms with E-state index in [0.717, 1.165) is 10.0 Å². The van der Waals surface area contributed by atoms with Crippen molar-refractivity contribution in [1.29, 1.82) is 0 Å². The molecule has 0 amide bonds. The fraction of sp³-hybridized carbons (Fsp3) is 0.0714. The quantitative estimate of drug-likeness (QED) is 0.485. The Hall–Kier alpha value is -2.21. The fourth-order valence-electron chi connectivity index (χ4n) is 1.66. The summed E-state index contributed by atoms with van der Waals surface area (Å²) in [6.07, 6.45) is 0. The number of rotatable bonds is 4. The molecule has 0 heterocycles. The summed E-state index contributed by atoms with van der Waals surface area (Å²) >= 11 is 3.31. The lowest BCUT2D eigenvalue weighted by molar-refractivity contribution is -0.385. The lowest BCUT2D eigenvalue weighted by Crippen LogP contribution is -2.08. The number of carbonyl (C=O) groups excluding carboxylic acids is 1. The largest absolute Gasteiger partial charge is 0.457 e. The standard InChI is InChI=1S/C14H10BrNO4/c15-11-5-3-4-10(8-11)9-20-14(17)12-6-1-2-7-13(12)16(18)19/h1-8H,9H2. The van der Waals surface area contributed by atoms with Crippen molar-refractivity contribution >= 4 is 27.6 Å². The Morgan fingerprint density at radius 3 is 2.65 bits per heavy atom. The van der Waals surface area contributed by atoms with E-state index in [0.29, 0.717) is 0 Å². The van der Waals surface area contributed by atoms with Crippen molar-refractivity contribution in [2.45, 2.75) is 6.61 Å². The first kappa shape index (κ1) is 14.2. The van der Waals surface area contributed by atoms with E-state index in [4.69, 9.17) is 4.74 Å². The number of carbonyl (C=O) groups is 1. The Morgan fingerprint density at radius 1 is 1.20 bits per heavy atom. The van der Waals surface area contributed by atoms with Gasteiger partial charge in [-0.15, -0.1) is 0 Å². The highest BCUT2D eigenvalue weighted by molar-refractivity contribution is 9.10. The molecule has 2 rings (SSSR count). The Morgan fingerprint density at radius 2 is 1.95 bits per heavy atom. The van der Waals surface area contributed by atoms with Gasteiger partial charge in [0.25, 0.3) is 5.69 Å². The highest BCUT2D eigenvalue weighted by Crippen LogP contribution is 2.19. The second-order valence-corrected chi connectivity index (χ2v) is 4.90. The number of benzene rings is 2. The monoisotopic (exact) mass is 335 g/mol. The molecule has 0 aromatic heterocycles. The van der Waals surface area contributed by atoms with E-state index in [1.807, 2.05) is 18.2 Å². The van der Waals surface area contributed by atoms with Crippen LogP contribution in [0.1, 0.15) is 15.9 Å². The molecule has 0 bridgehead atoms. The molecular weight excluding hydrogens is 326 g/mol. The van der Waals surface area contributed by atoms with Crippen LogP contribution in [0.2, 0.25) is 0 Å². The molecule has 2 aromatic rings. The molecule has 0 saturated carbocycles. The van der Waals surface area contributed by atoms with Gasteiger partial charge >= 0.3 is 5.97 Å². The van der Waals surface area contributed by atoms with Crippen LogP contribution in [0.15, 0.2) is 53.0 Å². The van der Waals surface area contributed by atoms with E-state index in [1.165, 1.54) is 18.2 Å².